The predicted molar refractivity (Wildman–Crippen MR) is 64.5 cm³/mol. The highest BCUT2D eigenvalue weighted by Gasteiger charge is 2.19. The first-order valence-electron chi connectivity index (χ1n) is 5.66. The van der Waals surface area contributed by atoms with Crippen molar-refractivity contribution < 1.29 is 9.18 Å². The summed E-state index contributed by atoms with van der Waals surface area (Å²) < 4.78 is 13.1. The Morgan fingerprint density at radius 2 is 1.76 bits per heavy atom. The van der Waals surface area contributed by atoms with Gasteiger partial charge in [-0.15, -0.1) is 0 Å². The summed E-state index contributed by atoms with van der Waals surface area (Å²) in [5.74, 6) is -0.0624. The molecule has 0 aromatic heterocycles. The van der Waals surface area contributed by atoms with Crippen LogP contribution >= 0.6 is 0 Å². The van der Waals surface area contributed by atoms with Gasteiger partial charge in [-0.25, -0.2) is 4.39 Å². The Morgan fingerprint density at radius 3 is 2.59 bits per heavy atom. The molecule has 3 rings (SSSR count). The largest absolute Gasteiger partial charge is 0.294 e. The number of Topliss-reactive ketones (excluding diaryl/α,β-unsaturated/α-hetero) is 1. The van der Waals surface area contributed by atoms with E-state index in [0.717, 1.165) is 28.7 Å². The number of aryl methyl sites for hydroxylation is 1. The Balaban J connectivity index is 2.11. The minimum Gasteiger partial charge on any atom is -0.294 e. The lowest BCUT2D eigenvalue weighted by molar-refractivity contribution is 0.0994. The minimum atomic E-state index is -0.255. The van der Waals surface area contributed by atoms with E-state index < -0.39 is 0 Å². The fraction of sp³-hybridized carbons (Fsp3) is 0.133. The number of hydrogen-bond donors (Lipinski definition) is 0. The first-order chi connectivity index (χ1) is 8.24. The molecule has 0 atom stereocenters. The van der Waals surface area contributed by atoms with Crippen molar-refractivity contribution in [3.63, 3.8) is 0 Å². The fourth-order valence-corrected chi connectivity index (χ4v) is 2.28. The lowest BCUT2D eigenvalue weighted by atomic mass is 10.0. The highest BCUT2D eigenvalue weighted by Crippen LogP contribution is 2.28. The zero-order valence-electron chi connectivity index (χ0n) is 9.24. The Kier molecular flexibility index (Phi) is 2.29. The molecule has 0 saturated heterocycles. The zero-order chi connectivity index (χ0) is 11.8. The predicted octanol–water partition coefficient (Wildman–Crippen LogP) is 3.62. The van der Waals surface area contributed by atoms with Gasteiger partial charge in [0.15, 0.2) is 5.78 Å². The summed E-state index contributed by atoms with van der Waals surface area (Å²) >= 11 is 0. The van der Waals surface area contributed by atoms with Crippen LogP contribution in [0.25, 0.3) is 11.1 Å². The van der Waals surface area contributed by atoms with Crippen molar-refractivity contribution in [1.82, 2.24) is 0 Å². The first-order valence-corrected chi connectivity index (χ1v) is 5.66. The van der Waals surface area contributed by atoms with Crippen LogP contribution in [0.5, 0.6) is 0 Å². The van der Waals surface area contributed by atoms with Crippen LogP contribution in [0.3, 0.4) is 0 Å². The van der Waals surface area contributed by atoms with Crippen molar-refractivity contribution in [2.24, 2.45) is 0 Å². The molecule has 1 nitrogen and oxygen atoms in total. The average molecular weight is 226 g/mol. The molecule has 0 bridgehead atoms. The van der Waals surface area contributed by atoms with Crippen LogP contribution in [-0.4, -0.2) is 5.78 Å². The molecule has 1 aliphatic carbocycles. The van der Waals surface area contributed by atoms with E-state index in [0.29, 0.717) is 6.42 Å². The molecular weight excluding hydrogens is 215 g/mol. The smallest absolute Gasteiger partial charge is 0.163 e. The molecule has 0 aliphatic heterocycles. The van der Waals surface area contributed by atoms with Crippen molar-refractivity contribution in [3.8, 4) is 11.1 Å². The Labute approximate surface area is 98.9 Å². The van der Waals surface area contributed by atoms with Crippen LogP contribution in [0.2, 0.25) is 0 Å². The van der Waals surface area contributed by atoms with E-state index >= 15 is 0 Å². The van der Waals surface area contributed by atoms with Gasteiger partial charge in [0.05, 0.1) is 0 Å². The van der Waals surface area contributed by atoms with Gasteiger partial charge in [0.25, 0.3) is 0 Å². The molecule has 2 aromatic rings. The zero-order valence-corrected chi connectivity index (χ0v) is 9.24. The van der Waals surface area contributed by atoms with Gasteiger partial charge in [0.2, 0.25) is 0 Å². The van der Waals surface area contributed by atoms with Gasteiger partial charge in [-0.05, 0) is 41.3 Å². The monoisotopic (exact) mass is 226 g/mol. The first kappa shape index (κ1) is 10.2. The molecule has 0 fully saturated rings. The van der Waals surface area contributed by atoms with E-state index in [2.05, 4.69) is 0 Å². The minimum absolute atomic E-state index is 0.193. The molecule has 17 heavy (non-hydrogen) atoms. The highest BCUT2D eigenvalue weighted by molar-refractivity contribution is 6.01. The second-order valence-corrected chi connectivity index (χ2v) is 4.31. The van der Waals surface area contributed by atoms with E-state index in [-0.39, 0.29) is 11.6 Å². The summed E-state index contributed by atoms with van der Waals surface area (Å²) in [6.07, 6.45) is 1.43. The third-order valence-electron chi connectivity index (χ3n) is 3.19. The van der Waals surface area contributed by atoms with Crippen molar-refractivity contribution in [2.75, 3.05) is 0 Å². The molecular formula is C15H11FO. The Bertz CT molecular complexity index is 602. The molecule has 0 N–H and O–H groups in total. The summed E-state index contributed by atoms with van der Waals surface area (Å²) in [5, 5.41) is 0. The van der Waals surface area contributed by atoms with Gasteiger partial charge in [-0.2, -0.15) is 0 Å². The topological polar surface area (TPSA) is 17.1 Å². The van der Waals surface area contributed by atoms with Crippen LogP contribution < -0.4 is 0 Å². The lowest BCUT2D eigenvalue weighted by Crippen LogP contribution is -1.91. The lowest BCUT2D eigenvalue weighted by Gasteiger charge is -2.04. The Morgan fingerprint density at radius 1 is 0.941 bits per heavy atom. The van der Waals surface area contributed by atoms with Gasteiger partial charge < -0.3 is 0 Å². The second-order valence-electron chi connectivity index (χ2n) is 4.31. The van der Waals surface area contributed by atoms with E-state index in [1.54, 1.807) is 6.07 Å². The third-order valence-corrected chi connectivity index (χ3v) is 3.19. The highest BCUT2D eigenvalue weighted by atomic mass is 19.1. The number of rotatable bonds is 1. The van der Waals surface area contributed by atoms with Gasteiger partial charge in [-0.3, -0.25) is 4.79 Å². The normalized spacial score (nSPS) is 13.8. The molecule has 0 unspecified atom stereocenters. The molecule has 2 aromatic carbocycles. The summed E-state index contributed by atoms with van der Waals surface area (Å²) in [4.78, 5) is 11.6. The van der Waals surface area contributed by atoms with Crippen LogP contribution in [0.15, 0.2) is 42.5 Å². The van der Waals surface area contributed by atoms with Gasteiger partial charge in [-0.1, -0.05) is 24.3 Å². The molecule has 0 heterocycles. The van der Waals surface area contributed by atoms with Crippen LogP contribution in [-0.2, 0) is 6.42 Å². The maximum atomic E-state index is 13.1. The van der Waals surface area contributed by atoms with Crippen molar-refractivity contribution >= 4 is 5.78 Å². The summed E-state index contributed by atoms with van der Waals surface area (Å²) in [7, 11) is 0. The van der Waals surface area contributed by atoms with Crippen molar-refractivity contribution in [3.05, 3.63) is 59.4 Å². The maximum absolute atomic E-state index is 13.1. The summed E-state index contributed by atoms with van der Waals surface area (Å²) in [6.45, 7) is 0. The summed E-state index contributed by atoms with van der Waals surface area (Å²) in [5.41, 5.74) is 3.62. The molecule has 0 saturated carbocycles. The van der Waals surface area contributed by atoms with Crippen LogP contribution in [0.1, 0.15) is 22.3 Å². The van der Waals surface area contributed by atoms with Crippen LogP contribution in [0.4, 0.5) is 4.39 Å². The molecule has 0 spiro atoms. The van der Waals surface area contributed by atoms with Crippen LogP contribution in [0, 0.1) is 5.82 Å². The Hall–Kier alpha value is -1.96. The number of hydrogen-bond acceptors (Lipinski definition) is 1. The van der Waals surface area contributed by atoms with Gasteiger partial charge >= 0.3 is 0 Å². The van der Waals surface area contributed by atoms with Gasteiger partial charge in [0, 0.05) is 12.0 Å². The molecule has 0 radical (unpaired) electrons. The molecule has 84 valence electrons. The SMILES string of the molecule is O=C1CCc2ccc(-c3cccc(F)c3)cc21. The standard InChI is InChI=1S/C15H11FO/c16-13-3-1-2-11(8-13)12-5-4-10-6-7-15(17)14(10)9-12/h1-5,8-9H,6-7H2. The average Bonchev–Trinajstić information content (AvgIpc) is 2.71. The van der Waals surface area contributed by atoms with E-state index in [1.165, 1.54) is 12.1 Å². The van der Waals surface area contributed by atoms with Crippen molar-refractivity contribution in [1.29, 1.82) is 0 Å². The maximum Gasteiger partial charge on any atom is 0.163 e. The fourth-order valence-electron chi connectivity index (χ4n) is 2.28. The van der Waals surface area contributed by atoms with Crippen molar-refractivity contribution in [2.45, 2.75) is 12.8 Å². The number of fused-ring (bicyclic) bond motifs is 1. The van der Waals surface area contributed by atoms with E-state index in [9.17, 15) is 9.18 Å². The number of benzene rings is 2. The van der Waals surface area contributed by atoms with Gasteiger partial charge in [0.1, 0.15) is 5.82 Å². The van der Waals surface area contributed by atoms with E-state index in [4.69, 9.17) is 0 Å². The van der Waals surface area contributed by atoms with E-state index in [1.807, 2.05) is 24.3 Å². The number of ketones is 1. The molecule has 2 heteroatoms. The second kappa shape index (κ2) is 3.81. The third kappa shape index (κ3) is 1.76. The number of halogens is 1. The quantitative estimate of drug-likeness (QED) is 0.725. The molecule has 0 amide bonds. The number of carbonyl (C=O) groups is 1. The summed E-state index contributed by atoms with van der Waals surface area (Å²) in [6, 6.07) is 12.2. The number of carbonyl (C=O) groups excluding carboxylic acids is 1. The molecule has 1 aliphatic rings.